The average molecular weight is 439 g/mol. The Hall–Kier alpha value is -3.32. The minimum atomic E-state index is -0.317. The molecule has 7 heteroatoms. The van der Waals surface area contributed by atoms with E-state index in [-0.39, 0.29) is 12.3 Å². The van der Waals surface area contributed by atoms with E-state index in [1.807, 2.05) is 36.1 Å². The maximum atomic E-state index is 11.4. The molecular formula is C26H28BN4O2. The Labute approximate surface area is 195 Å². The van der Waals surface area contributed by atoms with Crippen LogP contribution in [-0.2, 0) is 35.3 Å². The number of carbonyl (C=O) groups is 2. The van der Waals surface area contributed by atoms with Crippen LogP contribution in [0.1, 0.15) is 45.3 Å². The Balaban J connectivity index is 1.39. The summed E-state index contributed by atoms with van der Waals surface area (Å²) in [5.41, 5.74) is 12.1. The molecule has 33 heavy (non-hydrogen) atoms. The van der Waals surface area contributed by atoms with E-state index >= 15 is 0 Å². The Morgan fingerprint density at radius 2 is 1.85 bits per heavy atom. The standard InChI is InChI=1S/C26H28BN4O2/c1-18-14-29-26(12-19-6-8-21(9-7-19)23-15-31(16-23)27-17-32)30-24(18)11-10-20-4-2-3-5-22(20)13-25(28)33/h2-9,14,17,23H,10-13,15-16H2,1H3,(H2,28,33). The van der Waals surface area contributed by atoms with Gasteiger partial charge in [-0.1, -0.05) is 48.5 Å². The molecule has 2 aromatic carbocycles. The molecule has 1 fully saturated rings. The predicted octanol–water partition coefficient (Wildman–Crippen LogP) is 2.40. The smallest absolute Gasteiger partial charge is 0.293 e. The van der Waals surface area contributed by atoms with E-state index in [1.54, 1.807) is 7.41 Å². The van der Waals surface area contributed by atoms with Crippen LogP contribution in [-0.4, -0.2) is 47.4 Å². The summed E-state index contributed by atoms with van der Waals surface area (Å²) in [5, 5.41) is 0. The first-order valence-corrected chi connectivity index (χ1v) is 11.3. The number of aromatic nitrogens is 2. The van der Waals surface area contributed by atoms with Gasteiger partial charge in [0.05, 0.1) is 12.6 Å². The monoisotopic (exact) mass is 439 g/mol. The zero-order valence-corrected chi connectivity index (χ0v) is 18.9. The molecule has 167 valence electrons. The van der Waals surface area contributed by atoms with E-state index < -0.39 is 0 Å². The summed E-state index contributed by atoms with van der Waals surface area (Å²) in [6.45, 7) is 3.82. The molecular weight excluding hydrogens is 411 g/mol. The number of primary amides is 1. The number of rotatable bonds is 10. The SMILES string of the molecule is Cc1cnc(Cc2ccc(C3CN([B]C=O)C3)cc2)nc1CCc1ccccc1CC(N)=O. The number of nitrogens with two attached hydrogens (primary N) is 1. The molecule has 3 aromatic rings. The molecule has 1 aliphatic rings. The highest BCUT2D eigenvalue weighted by atomic mass is 16.1. The molecule has 0 aliphatic carbocycles. The summed E-state index contributed by atoms with van der Waals surface area (Å²) < 4.78 is 0. The van der Waals surface area contributed by atoms with E-state index in [9.17, 15) is 9.59 Å². The molecule has 0 spiro atoms. The third kappa shape index (κ3) is 5.93. The number of amides is 1. The molecule has 6 nitrogen and oxygen atoms in total. The first-order chi connectivity index (χ1) is 16.0. The van der Waals surface area contributed by atoms with Gasteiger partial charge in [-0.2, -0.15) is 0 Å². The van der Waals surface area contributed by atoms with Crippen LogP contribution in [0, 0.1) is 6.92 Å². The molecule has 0 saturated carbocycles. The van der Waals surface area contributed by atoms with Gasteiger partial charge in [0.2, 0.25) is 5.91 Å². The van der Waals surface area contributed by atoms with Crippen LogP contribution in [0.3, 0.4) is 0 Å². The maximum Gasteiger partial charge on any atom is 0.293 e. The van der Waals surface area contributed by atoms with Gasteiger partial charge in [0.15, 0.2) is 0 Å². The van der Waals surface area contributed by atoms with Crippen molar-refractivity contribution in [3.05, 3.63) is 94.1 Å². The third-order valence-corrected chi connectivity index (χ3v) is 6.24. The lowest BCUT2D eigenvalue weighted by Crippen LogP contribution is -2.47. The van der Waals surface area contributed by atoms with Gasteiger partial charge in [0.1, 0.15) is 5.82 Å². The molecule has 1 amide bonds. The Morgan fingerprint density at radius 1 is 1.12 bits per heavy atom. The van der Waals surface area contributed by atoms with Gasteiger partial charge in [-0.05, 0) is 60.7 Å². The lowest BCUT2D eigenvalue weighted by molar-refractivity contribution is -0.117. The average Bonchev–Trinajstić information content (AvgIpc) is 2.77. The van der Waals surface area contributed by atoms with Gasteiger partial charge in [0, 0.05) is 24.2 Å². The summed E-state index contributed by atoms with van der Waals surface area (Å²) in [5.74, 6) is 0.974. The highest BCUT2D eigenvalue weighted by Gasteiger charge is 2.27. The lowest BCUT2D eigenvalue weighted by Gasteiger charge is -2.38. The fraction of sp³-hybridized carbons (Fsp3) is 0.308. The largest absolute Gasteiger partial charge is 0.369 e. The summed E-state index contributed by atoms with van der Waals surface area (Å²) in [6, 6.07) is 16.6. The number of nitrogens with zero attached hydrogens (tertiary/aromatic N) is 3. The van der Waals surface area contributed by atoms with Crippen molar-refractivity contribution >= 4 is 19.5 Å². The molecule has 0 bridgehead atoms. The van der Waals surface area contributed by atoms with Crippen molar-refractivity contribution in [3.8, 4) is 0 Å². The minimum Gasteiger partial charge on any atom is -0.369 e. The van der Waals surface area contributed by atoms with Crippen molar-refractivity contribution in [2.75, 3.05) is 13.1 Å². The number of hydrogen-bond donors (Lipinski definition) is 1. The van der Waals surface area contributed by atoms with E-state index in [0.717, 1.165) is 60.3 Å². The Bertz CT molecular complexity index is 1130. The summed E-state index contributed by atoms with van der Waals surface area (Å²) in [6.07, 6.45) is 5.26. The maximum absolute atomic E-state index is 11.4. The van der Waals surface area contributed by atoms with E-state index in [2.05, 4.69) is 35.3 Å². The van der Waals surface area contributed by atoms with Crippen LogP contribution >= 0.6 is 0 Å². The van der Waals surface area contributed by atoms with E-state index in [0.29, 0.717) is 12.3 Å². The van der Waals surface area contributed by atoms with Crippen molar-refractivity contribution < 1.29 is 9.59 Å². The highest BCUT2D eigenvalue weighted by molar-refractivity contribution is 6.64. The van der Waals surface area contributed by atoms with Crippen molar-refractivity contribution in [1.29, 1.82) is 0 Å². The zero-order chi connectivity index (χ0) is 23.2. The lowest BCUT2D eigenvalue weighted by atomic mass is 9.81. The Morgan fingerprint density at radius 3 is 2.55 bits per heavy atom. The molecule has 1 radical (unpaired) electrons. The number of carbonyl (C=O) groups excluding carboxylic acids is 2. The summed E-state index contributed by atoms with van der Waals surface area (Å²) in [7, 11) is 1.60. The van der Waals surface area contributed by atoms with Crippen molar-refractivity contribution in [2.24, 2.45) is 5.73 Å². The normalized spacial score (nSPS) is 14.0. The van der Waals surface area contributed by atoms with Gasteiger partial charge in [-0.15, -0.1) is 0 Å². The molecule has 1 aromatic heterocycles. The van der Waals surface area contributed by atoms with Crippen LogP contribution in [0.4, 0.5) is 0 Å². The Kier molecular flexibility index (Phi) is 7.30. The second-order valence-corrected chi connectivity index (χ2v) is 8.68. The van der Waals surface area contributed by atoms with Gasteiger partial charge in [-0.25, -0.2) is 9.97 Å². The second-order valence-electron chi connectivity index (χ2n) is 8.68. The van der Waals surface area contributed by atoms with Crippen LogP contribution in [0.15, 0.2) is 54.7 Å². The van der Waals surface area contributed by atoms with E-state index in [1.165, 1.54) is 11.1 Å². The molecule has 0 unspecified atom stereocenters. The molecule has 1 aliphatic heterocycles. The first-order valence-electron chi connectivity index (χ1n) is 11.3. The number of benzene rings is 2. The van der Waals surface area contributed by atoms with Gasteiger partial charge in [0.25, 0.3) is 7.41 Å². The second kappa shape index (κ2) is 10.5. The van der Waals surface area contributed by atoms with Crippen LogP contribution in [0.5, 0.6) is 0 Å². The predicted molar refractivity (Wildman–Crippen MR) is 130 cm³/mol. The molecule has 0 atom stereocenters. The quantitative estimate of drug-likeness (QED) is 0.387. The minimum absolute atomic E-state index is 0.258. The van der Waals surface area contributed by atoms with E-state index in [4.69, 9.17) is 10.7 Å². The van der Waals surface area contributed by atoms with Crippen molar-refractivity contribution in [1.82, 2.24) is 14.8 Å². The summed E-state index contributed by atoms with van der Waals surface area (Å²) >= 11 is 0. The van der Waals surface area contributed by atoms with Gasteiger partial charge >= 0.3 is 0 Å². The fourth-order valence-electron chi connectivity index (χ4n) is 4.29. The highest BCUT2D eigenvalue weighted by Crippen LogP contribution is 2.26. The molecule has 1 saturated heterocycles. The third-order valence-electron chi connectivity index (χ3n) is 6.24. The summed E-state index contributed by atoms with van der Waals surface area (Å²) in [4.78, 5) is 33.3. The van der Waals surface area contributed by atoms with Crippen LogP contribution in [0.2, 0.25) is 0 Å². The van der Waals surface area contributed by atoms with Crippen LogP contribution in [0.25, 0.3) is 0 Å². The number of hydrogen-bond acceptors (Lipinski definition) is 5. The first kappa shape index (κ1) is 22.9. The van der Waals surface area contributed by atoms with Crippen LogP contribution < -0.4 is 5.73 Å². The topological polar surface area (TPSA) is 89.2 Å². The molecule has 4 rings (SSSR count). The van der Waals surface area contributed by atoms with Gasteiger partial charge in [-0.3, -0.25) is 4.79 Å². The molecule has 2 N–H and O–H groups in total. The van der Waals surface area contributed by atoms with Crippen molar-refractivity contribution in [3.63, 3.8) is 0 Å². The van der Waals surface area contributed by atoms with Crippen molar-refractivity contribution in [2.45, 2.75) is 38.5 Å². The van der Waals surface area contributed by atoms with Gasteiger partial charge < -0.3 is 15.3 Å². The number of aryl methyl sites for hydroxylation is 3. The fourth-order valence-corrected chi connectivity index (χ4v) is 4.29. The molecule has 2 heterocycles. The zero-order valence-electron chi connectivity index (χ0n) is 18.9.